The van der Waals surface area contributed by atoms with E-state index in [9.17, 15) is 5.11 Å². The Kier molecular flexibility index (Phi) is 3.32. The highest BCUT2D eigenvalue weighted by Gasteiger charge is 2.01. The number of aliphatic hydroxyl groups is 1. The van der Waals surface area contributed by atoms with Gasteiger partial charge in [-0.3, -0.25) is 0 Å². The summed E-state index contributed by atoms with van der Waals surface area (Å²) in [4.78, 5) is 0. The second-order valence-corrected chi connectivity index (χ2v) is 3.41. The quantitative estimate of drug-likeness (QED) is 0.774. The van der Waals surface area contributed by atoms with Crippen molar-refractivity contribution in [2.24, 2.45) is 0 Å². The minimum absolute atomic E-state index is 0.192. The minimum atomic E-state index is -0.409. The van der Waals surface area contributed by atoms with E-state index in [0.29, 0.717) is 0 Å². The van der Waals surface area contributed by atoms with Crippen LogP contribution in [0, 0.1) is 0 Å². The number of aliphatic hydroxyl groups excluding tert-OH is 1. The van der Waals surface area contributed by atoms with Crippen molar-refractivity contribution in [3.05, 3.63) is 29.8 Å². The van der Waals surface area contributed by atoms with E-state index in [-0.39, 0.29) is 6.10 Å². The van der Waals surface area contributed by atoms with Gasteiger partial charge in [0.1, 0.15) is 5.75 Å². The molecule has 0 aliphatic carbocycles. The van der Waals surface area contributed by atoms with Crippen LogP contribution >= 0.6 is 0 Å². The number of benzene rings is 1. The number of hydrogen-bond donors (Lipinski definition) is 1. The van der Waals surface area contributed by atoms with Crippen LogP contribution < -0.4 is 4.74 Å². The molecule has 0 fully saturated rings. The summed E-state index contributed by atoms with van der Waals surface area (Å²) in [6.45, 7) is 5.73. The molecule has 2 heteroatoms. The zero-order valence-corrected chi connectivity index (χ0v) is 8.32. The number of hydrogen-bond acceptors (Lipinski definition) is 2. The van der Waals surface area contributed by atoms with E-state index in [2.05, 4.69) is 0 Å². The number of rotatable bonds is 3. The van der Waals surface area contributed by atoms with Crippen LogP contribution in [0.3, 0.4) is 0 Å². The summed E-state index contributed by atoms with van der Waals surface area (Å²) in [5, 5.41) is 9.26. The Morgan fingerprint density at radius 1 is 1.08 bits per heavy atom. The summed E-state index contributed by atoms with van der Waals surface area (Å²) < 4.78 is 5.47. The third-order valence-electron chi connectivity index (χ3n) is 1.73. The normalized spacial score (nSPS) is 13.0. The maximum absolute atomic E-state index is 9.26. The Morgan fingerprint density at radius 3 is 2.00 bits per heavy atom. The fourth-order valence-corrected chi connectivity index (χ4v) is 1.10. The van der Waals surface area contributed by atoms with Gasteiger partial charge in [0.15, 0.2) is 0 Å². The molecule has 1 N–H and O–H groups in total. The molecule has 0 heterocycles. The van der Waals surface area contributed by atoms with E-state index in [0.717, 1.165) is 11.3 Å². The summed E-state index contributed by atoms with van der Waals surface area (Å²) >= 11 is 0. The van der Waals surface area contributed by atoms with Gasteiger partial charge < -0.3 is 9.84 Å². The lowest BCUT2D eigenvalue weighted by molar-refractivity contribution is 0.199. The molecule has 72 valence electrons. The van der Waals surface area contributed by atoms with Crippen LogP contribution in [0.15, 0.2) is 24.3 Å². The van der Waals surface area contributed by atoms with Crippen molar-refractivity contribution >= 4 is 0 Å². The van der Waals surface area contributed by atoms with Gasteiger partial charge in [-0.15, -0.1) is 0 Å². The van der Waals surface area contributed by atoms with E-state index >= 15 is 0 Å². The fraction of sp³-hybridized carbons (Fsp3) is 0.455. The molecule has 0 saturated carbocycles. The maximum atomic E-state index is 9.26. The number of ether oxygens (including phenoxy) is 1. The highest BCUT2D eigenvalue weighted by molar-refractivity contribution is 5.28. The Hall–Kier alpha value is -1.02. The molecular weight excluding hydrogens is 164 g/mol. The van der Waals surface area contributed by atoms with Crippen molar-refractivity contribution < 1.29 is 9.84 Å². The zero-order chi connectivity index (χ0) is 9.84. The van der Waals surface area contributed by atoms with Gasteiger partial charge in [0, 0.05) is 0 Å². The minimum Gasteiger partial charge on any atom is -0.491 e. The first kappa shape index (κ1) is 10.1. The maximum Gasteiger partial charge on any atom is 0.119 e. The second-order valence-electron chi connectivity index (χ2n) is 3.41. The lowest BCUT2D eigenvalue weighted by Gasteiger charge is -2.10. The standard InChI is InChI=1S/C11H16O2/c1-8(2)13-11-6-4-10(5-7-11)9(3)12/h4-9,12H,1-3H3/t9-/m0/s1. The van der Waals surface area contributed by atoms with Crippen molar-refractivity contribution in [2.45, 2.75) is 33.0 Å². The van der Waals surface area contributed by atoms with Gasteiger partial charge in [0.25, 0.3) is 0 Å². The molecule has 0 amide bonds. The molecule has 0 bridgehead atoms. The van der Waals surface area contributed by atoms with E-state index in [1.54, 1.807) is 6.92 Å². The van der Waals surface area contributed by atoms with E-state index in [1.807, 2.05) is 38.1 Å². The van der Waals surface area contributed by atoms with Crippen molar-refractivity contribution in [3.8, 4) is 5.75 Å². The summed E-state index contributed by atoms with van der Waals surface area (Å²) in [7, 11) is 0. The van der Waals surface area contributed by atoms with Gasteiger partial charge in [-0.05, 0) is 38.5 Å². The Labute approximate surface area is 79.2 Å². The Bertz CT molecular complexity index is 249. The van der Waals surface area contributed by atoms with Crippen LogP contribution in [-0.4, -0.2) is 11.2 Å². The smallest absolute Gasteiger partial charge is 0.119 e. The van der Waals surface area contributed by atoms with Crippen LogP contribution in [0.2, 0.25) is 0 Å². The molecular formula is C11H16O2. The predicted molar refractivity (Wildman–Crippen MR) is 52.8 cm³/mol. The molecule has 1 aromatic carbocycles. The average Bonchev–Trinajstić information content (AvgIpc) is 2.04. The predicted octanol–water partition coefficient (Wildman–Crippen LogP) is 2.53. The lowest BCUT2D eigenvalue weighted by atomic mass is 10.1. The van der Waals surface area contributed by atoms with Crippen LogP contribution in [-0.2, 0) is 0 Å². The van der Waals surface area contributed by atoms with E-state index in [1.165, 1.54) is 0 Å². The molecule has 1 atom stereocenters. The first-order chi connectivity index (χ1) is 6.09. The van der Waals surface area contributed by atoms with Gasteiger partial charge in [0.05, 0.1) is 12.2 Å². The molecule has 0 saturated heterocycles. The van der Waals surface area contributed by atoms with Crippen molar-refractivity contribution in [1.29, 1.82) is 0 Å². The third kappa shape index (κ3) is 3.07. The van der Waals surface area contributed by atoms with Crippen molar-refractivity contribution in [3.63, 3.8) is 0 Å². The van der Waals surface area contributed by atoms with Gasteiger partial charge in [-0.25, -0.2) is 0 Å². The Morgan fingerprint density at radius 2 is 1.62 bits per heavy atom. The summed E-state index contributed by atoms with van der Waals surface area (Å²) in [6, 6.07) is 7.51. The summed E-state index contributed by atoms with van der Waals surface area (Å²) in [6.07, 6.45) is -0.217. The lowest BCUT2D eigenvalue weighted by Crippen LogP contribution is -2.05. The van der Waals surface area contributed by atoms with Gasteiger partial charge in [-0.1, -0.05) is 12.1 Å². The molecule has 13 heavy (non-hydrogen) atoms. The molecule has 0 unspecified atom stereocenters. The SMILES string of the molecule is CC(C)Oc1ccc([C@H](C)O)cc1. The zero-order valence-electron chi connectivity index (χ0n) is 8.32. The van der Waals surface area contributed by atoms with Gasteiger partial charge in [-0.2, -0.15) is 0 Å². The van der Waals surface area contributed by atoms with E-state index in [4.69, 9.17) is 4.74 Å². The van der Waals surface area contributed by atoms with E-state index < -0.39 is 6.10 Å². The molecule has 1 aromatic rings. The summed E-state index contributed by atoms with van der Waals surface area (Å²) in [5.41, 5.74) is 0.913. The van der Waals surface area contributed by atoms with Gasteiger partial charge in [0.2, 0.25) is 0 Å². The highest BCUT2D eigenvalue weighted by atomic mass is 16.5. The topological polar surface area (TPSA) is 29.5 Å². The molecule has 0 aliphatic heterocycles. The molecule has 0 aromatic heterocycles. The van der Waals surface area contributed by atoms with Crippen molar-refractivity contribution in [1.82, 2.24) is 0 Å². The first-order valence-electron chi connectivity index (χ1n) is 4.54. The van der Waals surface area contributed by atoms with Gasteiger partial charge >= 0.3 is 0 Å². The monoisotopic (exact) mass is 180 g/mol. The second kappa shape index (κ2) is 4.28. The molecule has 0 aliphatic rings. The Balaban J connectivity index is 2.70. The largest absolute Gasteiger partial charge is 0.491 e. The average molecular weight is 180 g/mol. The summed E-state index contributed by atoms with van der Waals surface area (Å²) in [5.74, 6) is 0.847. The van der Waals surface area contributed by atoms with Crippen LogP contribution in [0.1, 0.15) is 32.4 Å². The van der Waals surface area contributed by atoms with Crippen LogP contribution in [0.4, 0.5) is 0 Å². The van der Waals surface area contributed by atoms with Crippen molar-refractivity contribution in [2.75, 3.05) is 0 Å². The fourth-order valence-electron chi connectivity index (χ4n) is 1.10. The third-order valence-corrected chi connectivity index (χ3v) is 1.73. The molecule has 0 radical (unpaired) electrons. The highest BCUT2D eigenvalue weighted by Crippen LogP contribution is 2.17. The van der Waals surface area contributed by atoms with Crippen LogP contribution in [0.5, 0.6) is 5.75 Å². The molecule has 1 rings (SSSR count). The molecule has 2 nitrogen and oxygen atoms in total. The molecule has 0 spiro atoms. The van der Waals surface area contributed by atoms with Crippen LogP contribution in [0.25, 0.3) is 0 Å². The first-order valence-corrected chi connectivity index (χ1v) is 4.54.